The van der Waals surface area contributed by atoms with E-state index in [0.717, 1.165) is 0 Å². The minimum Gasteiger partial charge on any atom is -0.379 e. The van der Waals surface area contributed by atoms with E-state index in [4.69, 9.17) is 27.4 Å². The smallest absolute Gasteiger partial charge is 0.339 e. The zero-order valence-corrected chi connectivity index (χ0v) is 11.3. The van der Waals surface area contributed by atoms with Crippen molar-refractivity contribution in [3.05, 3.63) is 58.6 Å². The number of hydrogen-bond acceptors (Lipinski definition) is 3. The normalized spacial score (nSPS) is 11.2. The van der Waals surface area contributed by atoms with Crippen LogP contribution >= 0.6 is 23.2 Å². The van der Waals surface area contributed by atoms with E-state index in [0.29, 0.717) is 0 Å². The van der Waals surface area contributed by atoms with Crippen molar-refractivity contribution < 1.29 is 12.6 Å². The number of halogens is 2. The molecule has 0 N–H and O–H groups in total. The van der Waals surface area contributed by atoms with Gasteiger partial charge < -0.3 is 4.18 Å². The molecule has 0 aliphatic heterocycles. The lowest BCUT2D eigenvalue weighted by Crippen LogP contribution is -2.09. The van der Waals surface area contributed by atoms with Gasteiger partial charge in [-0.05, 0) is 30.3 Å². The third-order valence-electron chi connectivity index (χ3n) is 2.07. The summed E-state index contributed by atoms with van der Waals surface area (Å²) in [5.74, 6) is 0.230. The molecule has 0 aliphatic carbocycles. The van der Waals surface area contributed by atoms with Crippen molar-refractivity contribution in [2.75, 3.05) is 0 Å². The summed E-state index contributed by atoms with van der Waals surface area (Å²) in [5, 5.41) is 0.468. The predicted octanol–water partition coefficient (Wildman–Crippen LogP) is 3.76. The minimum atomic E-state index is -3.93. The Morgan fingerprint density at radius 3 is 2.00 bits per heavy atom. The van der Waals surface area contributed by atoms with Gasteiger partial charge in [0.2, 0.25) is 0 Å². The highest BCUT2D eigenvalue weighted by molar-refractivity contribution is 7.87. The van der Waals surface area contributed by atoms with Crippen LogP contribution in [0, 0.1) is 0 Å². The number of benzene rings is 2. The standard InChI is InChI=1S/C12H8Cl2O3S/c13-9-6-10(14)8-12(7-9)18(15,16)17-11-4-2-1-3-5-11/h1-8H. The predicted molar refractivity (Wildman–Crippen MR) is 70.7 cm³/mol. The summed E-state index contributed by atoms with van der Waals surface area (Å²) < 4.78 is 28.9. The summed E-state index contributed by atoms with van der Waals surface area (Å²) in [6.45, 7) is 0. The third kappa shape index (κ3) is 3.16. The zero-order valence-electron chi connectivity index (χ0n) is 9.01. The lowest BCUT2D eigenvalue weighted by atomic mass is 10.3. The van der Waals surface area contributed by atoms with E-state index in [1.807, 2.05) is 0 Å². The van der Waals surface area contributed by atoms with Gasteiger partial charge in [-0.2, -0.15) is 8.42 Å². The van der Waals surface area contributed by atoms with Crippen LogP contribution in [0.3, 0.4) is 0 Å². The molecule has 0 heterocycles. The topological polar surface area (TPSA) is 43.4 Å². The summed E-state index contributed by atoms with van der Waals surface area (Å²) in [4.78, 5) is -0.0798. The van der Waals surface area contributed by atoms with Gasteiger partial charge in [-0.1, -0.05) is 41.4 Å². The van der Waals surface area contributed by atoms with E-state index < -0.39 is 10.1 Å². The van der Waals surface area contributed by atoms with Crippen LogP contribution in [-0.4, -0.2) is 8.42 Å². The van der Waals surface area contributed by atoms with Crippen LogP contribution < -0.4 is 4.18 Å². The first kappa shape index (κ1) is 13.2. The Hall–Kier alpha value is -1.23. The van der Waals surface area contributed by atoms with Crippen molar-refractivity contribution >= 4 is 33.3 Å². The van der Waals surface area contributed by atoms with Crippen LogP contribution in [0.1, 0.15) is 0 Å². The molecule has 0 unspecified atom stereocenters. The average Bonchev–Trinajstić information content (AvgIpc) is 2.28. The van der Waals surface area contributed by atoms with Crippen LogP contribution in [-0.2, 0) is 10.1 Å². The highest BCUT2D eigenvalue weighted by atomic mass is 35.5. The lowest BCUT2D eigenvalue weighted by Gasteiger charge is -2.07. The molecule has 3 nitrogen and oxygen atoms in total. The lowest BCUT2D eigenvalue weighted by molar-refractivity contribution is 0.486. The van der Waals surface area contributed by atoms with Gasteiger partial charge >= 0.3 is 10.1 Å². The fourth-order valence-corrected chi connectivity index (χ4v) is 2.98. The molecule has 0 radical (unpaired) electrons. The molecular formula is C12H8Cl2O3S. The Balaban J connectivity index is 2.37. The van der Waals surface area contributed by atoms with Crippen molar-refractivity contribution in [3.63, 3.8) is 0 Å². The molecule has 0 bridgehead atoms. The van der Waals surface area contributed by atoms with E-state index in [-0.39, 0.29) is 20.7 Å². The summed E-state index contributed by atoms with van der Waals surface area (Å²) in [6.07, 6.45) is 0. The summed E-state index contributed by atoms with van der Waals surface area (Å²) in [7, 11) is -3.93. The largest absolute Gasteiger partial charge is 0.379 e. The van der Waals surface area contributed by atoms with Crippen molar-refractivity contribution in [3.8, 4) is 5.75 Å². The Kier molecular flexibility index (Phi) is 3.80. The van der Waals surface area contributed by atoms with Crippen molar-refractivity contribution in [2.45, 2.75) is 4.90 Å². The van der Waals surface area contributed by atoms with Gasteiger partial charge in [0.15, 0.2) is 0 Å². The highest BCUT2D eigenvalue weighted by Gasteiger charge is 2.17. The molecule has 18 heavy (non-hydrogen) atoms. The van der Waals surface area contributed by atoms with Crippen LogP contribution in [0.5, 0.6) is 5.75 Å². The van der Waals surface area contributed by atoms with E-state index in [9.17, 15) is 8.42 Å². The van der Waals surface area contributed by atoms with Gasteiger partial charge in [0, 0.05) is 10.0 Å². The number of rotatable bonds is 3. The molecule has 0 atom stereocenters. The number of hydrogen-bond donors (Lipinski definition) is 0. The van der Waals surface area contributed by atoms with Crippen LogP contribution in [0.4, 0.5) is 0 Å². The quantitative estimate of drug-likeness (QED) is 0.811. The van der Waals surface area contributed by atoms with Gasteiger partial charge in [-0.3, -0.25) is 0 Å². The Morgan fingerprint density at radius 2 is 1.44 bits per heavy atom. The second-order valence-electron chi connectivity index (χ2n) is 3.46. The molecule has 2 aromatic carbocycles. The minimum absolute atomic E-state index is 0.0798. The molecule has 2 aromatic rings. The Morgan fingerprint density at radius 1 is 0.889 bits per heavy atom. The fourth-order valence-electron chi connectivity index (χ4n) is 1.32. The molecule has 0 aromatic heterocycles. The third-order valence-corrected chi connectivity index (χ3v) is 3.74. The molecule has 0 saturated heterocycles. The first-order valence-electron chi connectivity index (χ1n) is 4.93. The first-order chi connectivity index (χ1) is 8.47. The van der Waals surface area contributed by atoms with Gasteiger partial charge in [-0.15, -0.1) is 0 Å². The van der Waals surface area contributed by atoms with Crippen LogP contribution in [0.25, 0.3) is 0 Å². The average molecular weight is 303 g/mol. The van der Waals surface area contributed by atoms with E-state index in [1.54, 1.807) is 30.3 Å². The maximum absolute atomic E-state index is 12.0. The Labute approximate surface area is 115 Å². The molecule has 0 aliphatic rings. The first-order valence-corrected chi connectivity index (χ1v) is 7.09. The molecule has 6 heteroatoms. The highest BCUT2D eigenvalue weighted by Crippen LogP contribution is 2.24. The Bertz CT molecular complexity index is 634. The molecule has 0 fully saturated rings. The summed E-state index contributed by atoms with van der Waals surface area (Å²) in [6, 6.07) is 12.2. The summed E-state index contributed by atoms with van der Waals surface area (Å²) in [5.41, 5.74) is 0. The molecule has 0 spiro atoms. The van der Waals surface area contributed by atoms with Crippen molar-refractivity contribution in [1.82, 2.24) is 0 Å². The van der Waals surface area contributed by atoms with E-state index >= 15 is 0 Å². The van der Waals surface area contributed by atoms with Gasteiger partial charge in [0.25, 0.3) is 0 Å². The van der Waals surface area contributed by atoms with Gasteiger partial charge in [-0.25, -0.2) is 0 Å². The van der Waals surface area contributed by atoms with E-state index in [2.05, 4.69) is 0 Å². The number of para-hydroxylation sites is 1. The maximum atomic E-state index is 12.0. The zero-order chi connectivity index (χ0) is 13.2. The fraction of sp³-hybridized carbons (Fsp3) is 0. The summed E-state index contributed by atoms with van der Waals surface area (Å²) >= 11 is 11.5. The van der Waals surface area contributed by atoms with Crippen LogP contribution in [0.15, 0.2) is 53.4 Å². The SMILES string of the molecule is O=S(=O)(Oc1ccccc1)c1cc(Cl)cc(Cl)c1. The maximum Gasteiger partial charge on any atom is 0.339 e. The second kappa shape index (κ2) is 5.18. The molecule has 0 amide bonds. The van der Waals surface area contributed by atoms with Crippen molar-refractivity contribution in [1.29, 1.82) is 0 Å². The van der Waals surface area contributed by atoms with Gasteiger partial charge in [0.1, 0.15) is 10.6 Å². The van der Waals surface area contributed by atoms with Crippen LogP contribution in [0.2, 0.25) is 10.0 Å². The van der Waals surface area contributed by atoms with Gasteiger partial charge in [0.05, 0.1) is 0 Å². The van der Waals surface area contributed by atoms with Crippen molar-refractivity contribution in [2.24, 2.45) is 0 Å². The van der Waals surface area contributed by atoms with E-state index in [1.165, 1.54) is 18.2 Å². The molecule has 2 rings (SSSR count). The molecular weight excluding hydrogens is 295 g/mol. The molecule has 0 saturated carbocycles. The molecule has 94 valence electrons. The monoisotopic (exact) mass is 302 g/mol. The second-order valence-corrected chi connectivity index (χ2v) is 5.87.